The number of benzene rings is 1. The molecule has 0 N–H and O–H groups in total. The molecule has 0 fully saturated rings. The average Bonchev–Trinajstić information content (AvgIpc) is 2.83. The number of rotatable bonds is 5. The van der Waals surface area contributed by atoms with Crippen LogP contribution < -0.4 is 14.4 Å². The third-order valence-corrected chi connectivity index (χ3v) is 2.74. The molecular formula is C13H17N3O3. The highest BCUT2D eigenvalue weighted by molar-refractivity contribution is 5.60. The molecule has 6 heteroatoms. The zero-order valence-electron chi connectivity index (χ0n) is 11.5. The molecule has 1 aromatic carbocycles. The van der Waals surface area contributed by atoms with Gasteiger partial charge in [-0.15, -0.1) is 10.2 Å². The van der Waals surface area contributed by atoms with Crippen molar-refractivity contribution in [3.63, 3.8) is 0 Å². The molecule has 0 atom stereocenters. The number of anilines is 1. The topological polar surface area (TPSA) is 60.6 Å². The second kappa shape index (κ2) is 5.60. The maximum absolute atomic E-state index is 5.36. The van der Waals surface area contributed by atoms with Crippen molar-refractivity contribution in [3.8, 4) is 11.5 Å². The first kappa shape index (κ1) is 13.2. The van der Waals surface area contributed by atoms with Gasteiger partial charge in [-0.3, -0.25) is 0 Å². The van der Waals surface area contributed by atoms with Crippen molar-refractivity contribution in [2.24, 2.45) is 0 Å². The van der Waals surface area contributed by atoms with Gasteiger partial charge in [-0.25, -0.2) is 0 Å². The quantitative estimate of drug-likeness (QED) is 0.822. The fourth-order valence-corrected chi connectivity index (χ4v) is 1.79. The predicted octanol–water partition coefficient (Wildman–Crippen LogP) is 2.03. The van der Waals surface area contributed by atoms with E-state index in [0.29, 0.717) is 18.3 Å². The van der Waals surface area contributed by atoms with Crippen molar-refractivity contribution in [1.82, 2.24) is 10.2 Å². The molecule has 102 valence electrons. The van der Waals surface area contributed by atoms with Gasteiger partial charge in [-0.05, 0) is 12.1 Å². The van der Waals surface area contributed by atoms with Crippen LogP contribution in [0.25, 0.3) is 0 Å². The second-order valence-corrected chi connectivity index (χ2v) is 4.11. The summed E-state index contributed by atoms with van der Waals surface area (Å²) in [4.78, 5) is 1.98. The monoisotopic (exact) mass is 263 g/mol. The summed E-state index contributed by atoms with van der Waals surface area (Å²) in [6.45, 7) is 2.29. The van der Waals surface area contributed by atoms with Gasteiger partial charge in [0.1, 0.15) is 11.5 Å². The van der Waals surface area contributed by atoms with E-state index in [1.54, 1.807) is 21.1 Å². The van der Waals surface area contributed by atoms with Gasteiger partial charge in [0.15, 0.2) is 0 Å². The zero-order valence-corrected chi connectivity index (χ0v) is 11.5. The van der Waals surface area contributed by atoms with E-state index >= 15 is 0 Å². The van der Waals surface area contributed by atoms with Crippen LogP contribution >= 0.6 is 0 Å². The lowest BCUT2D eigenvalue weighted by molar-refractivity contribution is 0.394. The summed E-state index contributed by atoms with van der Waals surface area (Å²) >= 11 is 0. The van der Waals surface area contributed by atoms with Crippen LogP contribution in [0, 0.1) is 6.92 Å². The molecule has 6 nitrogen and oxygen atoms in total. The van der Waals surface area contributed by atoms with Gasteiger partial charge in [0.25, 0.3) is 0 Å². The first-order valence-electron chi connectivity index (χ1n) is 5.86. The molecule has 0 amide bonds. The Hall–Kier alpha value is -2.24. The van der Waals surface area contributed by atoms with Gasteiger partial charge < -0.3 is 18.8 Å². The van der Waals surface area contributed by atoms with Crippen molar-refractivity contribution in [2.75, 3.05) is 26.2 Å². The standard InChI is InChI=1S/C13H17N3O3/c1-9-14-15-13(19-9)8-16(2)11-6-5-10(17-3)7-12(11)18-4/h5-7H,8H2,1-4H3. The van der Waals surface area contributed by atoms with Gasteiger partial charge in [0.2, 0.25) is 11.8 Å². The number of hydrogen-bond donors (Lipinski definition) is 0. The third kappa shape index (κ3) is 2.96. The van der Waals surface area contributed by atoms with Crippen LogP contribution in [0.2, 0.25) is 0 Å². The summed E-state index contributed by atoms with van der Waals surface area (Å²) in [6.07, 6.45) is 0. The summed E-state index contributed by atoms with van der Waals surface area (Å²) < 4.78 is 15.9. The Morgan fingerprint density at radius 1 is 1.21 bits per heavy atom. The van der Waals surface area contributed by atoms with Gasteiger partial charge in [-0.1, -0.05) is 0 Å². The summed E-state index contributed by atoms with van der Waals surface area (Å²) in [7, 11) is 5.19. The second-order valence-electron chi connectivity index (χ2n) is 4.11. The lowest BCUT2D eigenvalue weighted by Crippen LogP contribution is -2.17. The van der Waals surface area contributed by atoms with Crippen LogP contribution in [0.5, 0.6) is 11.5 Å². The first-order valence-corrected chi connectivity index (χ1v) is 5.86. The summed E-state index contributed by atoms with van der Waals surface area (Å²) in [5.41, 5.74) is 0.930. The first-order chi connectivity index (χ1) is 9.13. The average molecular weight is 263 g/mol. The van der Waals surface area contributed by atoms with Crippen molar-refractivity contribution in [1.29, 1.82) is 0 Å². The Balaban J connectivity index is 2.20. The smallest absolute Gasteiger partial charge is 0.235 e. The lowest BCUT2D eigenvalue weighted by Gasteiger charge is -2.20. The predicted molar refractivity (Wildman–Crippen MR) is 70.7 cm³/mol. The maximum Gasteiger partial charge on any atom is 0.235 e. The molecule has 0 aliphatic heterocycles. The van der Waals surface area contributed by atoms with Crippen molar-refractivity contribution < 1.29 is 13.9 Å². The molecule has 0 unspecified atom stereocenters. The normalized spacial score (nSPS) is 10.3. The Labute approximate surface area is 112 Å². The molecule has 1 aromatic heterocycles. The number of aryl methyl sites for hydroxylation is 1. The zero-order chi connectivity index (χ0) is 13.8. The van der Waals surface area contributed by atoms with E-state index in [-0.39, 0.29) is 0 Å². The molecule has 0 bridgehead atoms. The van der Waals surface area contributed by atoms with Crippen molar-refractivity contribution in [3.05, 3.63) is 30.0 Å². The minimum absolute atomic E-state index is 0.517. The molecule has 2 rings (SSSR count). The van der Waals surface area contributed by atoms with Crippen LogP contribution in [0.3, 0.4) is 0 Å². The minimum atomic E-state index is 0.517. The fraction of sp³-hybridized carbons (Fsp3) is 0.385. The maximum atomic E-state index is 5.36. The van der Waals surface area contributed by atoms with Crippen LogP contribution in [0.15, 0.2) is 22.6 Å². The number of aromatic nitrogens is 2. The fourth-order valence-electron chi connectivity index (χ4n) is 1.79. The van der Waals surface area contributed by atoms with E-state index in [1.165, 1.54) is 0 Å². The van der Waals surface area contributed by atoms with E-state index in [4.69, 9.17) is 13.9 Å². The van der Waals surface area contributed by atoms with E-state index in [0.717, 1.165) is 17.2 Å². The summed E-state index contributed by atoms with van der Waals surface area (Å²) in [6, 6.07) is 5.65. The van der Waals surface area contributed by atoms with Crippen LogP contribution in [-0.4, -0.2) is 31.5 Å². The minimum Gasteiger partial charge on any atom is -0.497 e. The van der Waals surface area contributed by atoms with Gasteiger partial charge >= 0.3 is 0 Å². The van der Waals surface area contributed by atoms with Crippen molar-refractivity contribution in [2.45, 2.75) is 13.5 Å². The molecule has 0 saturated carbocycles. The highest BCUT2D eigenvalue weighted by atomic mass is 16.5. The Morgan fingerprint density at radius 3 is 2.58 bits per heavy atom. The Morgan fingerprint density at radius 2 is 2.00 bits per heavy atom. The van der Waals surface area contributed by atoms with Crippen LogP contribution in [0.4, 0.5) is 5.69 Å². The van der Waals surface area contributed by atoms with Gasteiger partial charge in [-0.2, -0.15) is 0 Å². The lowest BCUT2D eigenvalue weighted by atomic mass is 10.2. The highest BCUT2D eigenvalue weighted by Crippen LogP contribution is 2.32. The molecule has 0 spiro atoms. The van der Waals surface area contributed by atoms with Gasteiger partial charge in [0, 0.05) is 20.0 Å². The van der Waals surface area contributed by atoms with E-state index < -0.39 is 0 Å². The number of hydrogen-bond acceptors (Lipinski definition) is 6. The molecule has 1 heterocycles. The third-order valence-electron chi connectivity index (χ3n) is 2.74. The Bertz CT molecular complexity index is 554. The molecule has 19 heavy (non-hydrogen) atoms. The van der Waals surface area contributed by atoms with Crippen LogP contribution in [-0.2, 0) is 6.54 Å². The number of methoxy groups -OCH3 is 2. The van der Waals surface area contributed by atoms with E-state index in [1.807, 2.05) is 30.1 Å². The van der Waals surface area contributed by atoms with Crippen LogP contribution in [0.1, 0.15) is 11.8 Å². The van der Waals surface area contributed by atoms with E-state index in [9.17, 15) is 0 Å². The molecule has 2 aromatic rings. The number of nitrogens with zero attached hydrogens (tertiary/aromatic N) is 3. The largest absolute Gasteiger partial charge is 0.497 e. The van der Waals surface area contributed by atoms with Gasteiger partial charge in [0.05, 0.1) is 26.5 Å². The highest BCUT2D eigenvalue weighted by Gasteiger charge is 2.12. The SMILES string of the molecule is COc1ccc(N(C)Cc2nnc(C)o2)c(OC)c1. The Kier molecular flexibility index (Phi) is 3.89. The summed E-state index contributed by atoms with van der Waals surface area (Å²) in [5.74, 6) is 2.61. The number of ether oxygens (including phenoxy) is 2. The van der Waals surface area contributed by atoms with Crippen molar-refractivity contribution >= 4 is 5.69 Å². The summed E-state index contributed by atoms with van der Waals surface area (Å²) in [5, 5.41) is 7.79. The molecular weight excluding hydrogens is 246 g/mol. The molecule has 0 saturated heterocycles. The molecule has 0 aliphatic carbocycles. The molecule has 0 radical (unpaired) electrons. The molecule has 0 aliphatic rings. The van der Waals surface area contributed by atoms with E-state index in [2.05, 4.69) is 10.2 Å².